The molecule has 5 nitrogen and oxygen atoms in total. The number of benzene rings is 1. The van der Waals surface area contributed by atoms with Crippen molar-refractivity contribution in [2.45, 2.75) is 52.1 Å². The molecule has 1 aliphatic rings. The molecule has 1 aromatic rings. The molecule has 1 aromatic carbocycles. The third-order valence-electron chi connectivity index (χ3n) is 4.03. The number of piperidine rings is 1. The Balaban J connectivity index is 2.00. The van der Waals surface area contributed by atoms with Crippen molar-refractivity contribution in [3.05, 3.63) is 24.3 Å². The van der Waals surface area contributed by atoms with E-state index < -0.39 is 0 Å². The lowest BCUT2D eigenvalue weighted by atomic mass is 9.97. The van der Waals surface area contributed by atoms with Crippen molar-refractivity contribution in [2.75, 3.05) is 11.9 Å². The molecule has 1 fully saturated rings. The van der Waals surface area contributed by atoms with E-state index in [1.807, 2.05) is 17.0 Å². The Labute approximate surface area is 131 Å². The van der Waals surface area contributed by atoms with E-state index in [2.05, 4.69) is 19.2 Å². The van der Waals surface area contributed by atoms with Crippen molar-refractivity contribution in [3.8, 4) is 5.75 Å². The monoisotopic (exact) mass is 304 g/mol. The number of likely N-dealkylation sites (tertiary alicyclic amines) is 1. The number of hydrogen-bond donors (Lipinski definition) is 1. The molecule has 2 atom stereocenters. The quantitative estimate of drug-likeness (QED) is 0.930. The van der Waals surface area contributed by atoms with Crippen LogP contribution in [0, 0.1) is 0 Å². The fourth-order valence-electron chi connectivity index (χ4n) is 3.01. The molecule has 0 unspecified atom stereocenters. The maximum absolute atomic E-state index is 12.4. The average Bonchev–Trinajstić information content (AvgIpc) is 2.45. The van der Waals surface area contributed by atoms with E-state index in [9.17, 15) is 9.59 Å². The molecule has 0 aliphatic carbocycles. The molecule has 22 heavy (non-hydrogen) atoms. The Morgan fingerprint density at radius 2 is 1.86 bits per heavy atom. The summed E-state index contributed by atoms with van der Waals surface area (Å²) < 4.78 is 5.64. The van der Waals surface area contributed by atoms with Gasteiger partial charge in [0.2, 0.25) is 5.91 Å². The summed E-state index contributed by atoms with van der Waals surface area (Å²) in [5.41, 5.74) is 0.586. The van der Waals surface area contributed by atoms with Gasteiger partial charge in [-0.25, -0.2) is 0 Å². The number of amides is 2. The Hall–Kier alpha value is -2.04. The molecule has 120 valence electrons. The van der Waals surface area contributed by atoms with Crippen LogP contribution in [0.2, 0.25) is 0 Å². The molecule has 0 bridgehead atoms. The van der Waals surface area contributed by atoms with E-state index in [1.165, 1.54) is 13.3 Å². The second kappa shape index (κ2) is 7.29. The molecule has 5 heteroatoms. The summed E-state index contributed by atoms with van der Waals surface area (Å²) in [7, 11) is 0. The number of carbonyl (C=O) groups excluding carboxylic acids is 2. The number of anilines is 1. The van der Waals surface area contributed by atoms with Gasteiger partial charge in [0.05, 0.1) is 5.69 Å². The minimum atomic E-state index is -0.166. The average molecular weight is 304 g/mol. The standard InChI is InChI=1S/C17H24N2O3/c1-12-7-6-8-13(2)19(12)17(21)11-22-16-10-5-4-9-15(16)18-14(3)20/h4-5,9-10,12-13H,6-8,11H2,1-3H3,(H,18,20)/t12-,13-/m1/s1. The van der Waals surface area contributed by atoms with Crippen molar-refractivity contribution in [1.82, 2.24) is 4.90 Å². The van der Waals surface area contributed by atoms with Gasteiger partial charge in [-0.2, -0.15) is 0 Å². The summed E-state index contributed by atoms with van der Waals surface area (Å²) in [6, 6.07) is 7.65. The molecule has 1 N–H and O–H groups in total. The topological polar surface area (TPSA) is 58.6 Å². The van der Waals surface area contributed by atoms with Gasteiger partial charge in [-0.3, -0.25) is 9.59 Å². The number of rotatable bonds is 4. The second-order valence-electron chi connectivity index (χ2n) is 5.90. The van der Waals surface area contributed by atoms with Crippen molar-refractivity contribution in [1.29, 1.82) is 0 Å². The lowest BCUT2D eigenvalue weighted by Crippen LogP contribution is -2.49. The highest BCUT2D eigenvalue weighted by Gasteiger charge is 2.29. The van der Waals surface area contributed by atoms with Crippen LogP contribution >= 0.6 is 0 Å². The normalized spacial score (nSPS) is 21.3. The minimum absolute atomic E-state index is 0.00247. The van der Waals surface area contributed by atoms with Gasteiger partial charge in [0.1, 0.15) is 5.75 Å². The number of hydrogen-bond acceptors (Lipinski definition) is 3. The molecule has 1 aliphatic heterocycles. The van der Waals surface area contributed by atoms with Crippen LogP contribution in [0.4, 0.5) is 5.69 Å². The van der Waals surface area contributed by atoms with Gasteiger partial charge in [-0.05, 0) is 45.2 Å². The molecular weight excluding hydrogens is 280 g/mol. The minimum Gasteiger partial charge on any atom is -0.482 e. The summed E-state index contributed by atoms with van der Waals surface area (Å²) in [6.07, 6.45) is 3.25. The summed E-state index contributed by atoms with van der Waals surface area (Å²) >= 11 is 0. The highest BCUT2D eigenvalue weighted by Crippen LogP contribution is 2.25. The van der Waals surface area contributed by atoms with Crippen molar-refractivity contribution in [2.24, 2.45) is 0 Å². The summed E-state index contributed by atoms with van der Waals surface area (Å²) in [6.45, 7) is 5.60. The van der Waals surface area contributed by atoms with Crippen molar-refractivity contribution >= 4 is 17.5 Å². The van der Waals surface area contributed by atoms with Crippen LogP contribution in [0.5, 0.6) is 5.75 Å². The van der Waals surface area contributed by atoms with Crippen LogP contribution in [0.15, 0.2) is 24.3 Å². The van der Waals surface area contributed by atoms with E-state index in [0.29, 0.717) is 11.4 Å². The van der Waals surface area contributed by atoms with Gasteiger partial charge >= 0.3 is 0 Å². The van der Waals surface area contributed by atoms with Gasteiger partial charge in [0.25, 0.3) is 5.91 Å². The number of nitrogens with one attached hydrogen (secondary N) is 1. The predicted octanol–water partition coefficient (Wildman–Crippen LogP) is 2.81. The fourth-order valence-corrected chi connectivity index (χ4v) is 3.01. The van der Waals surface area contributed by atoms with Gasteiger partial charge in [-0.1, -0.05) is 12.1 Å². The van der Waals surface area contributed by atoms with Crippen LogP contribution in [0.3, 0.4) is 0 Å². The number of nitrogens with zero attached hydrogens (tertiary/aromatic N) is 1. The number of ether oxygens (including phenoxy) is 1. The first-order valence-electron chi connectivity index (χ1n) is 7.79. The number of para-hydroxylation sites is 2. The smallest absolute Gasteiger partial charge is 0.260 e. The molecule has 0 aromatic heterocycles. The Kier molecular flexibility index (Phi) is 5.41. The third-order valence-corrected chi connectivity index (χ3v) is 4.03. The molecule has 2 amide bonds. The predicted molar refractivity (Wildman–Crippen MR) is 85.9 cm³/mol. The third kappa shape index (κ3) is 4.00. The molecular formula is C17H24N2O3. The first-order valence-corrected chi connectivity index (χ1v) is 7.79. The molecule has 1 saturated heterocycles. The first kappa shape index (κ1) is 16.3. The Morgan fingerprint density at radius 3 is 2.50 bits per heavy atom. The highest BCUT2D eigenvalue weighted by atomic mass is 16.5. The molecule has 2 rings (SSSR count). The van der Waals surface area contributed by atoms with E-state index >= 15 is 0 Å². The number of carbonyl (C=O) groups is 2. The fraction of sp³-hybridized carbons (Fsp3) is 0.529. The maximum atomic E-state index is 12.4. The zero-order valence-electron chi connectivity index (χ0n) is 13.5. The van der Waals surface area contributed by atoms with Crippen LogP contribution < -0.4 is 10.1 Å². The lowest BCUT2D eigenvalue weighted by molar-refractivity contribution is -0.139. The zero-order valence-corrected chi connectivity index (χ0v) is 13.5. The van der Waals surface area contributed by atoms with Gasteiger partial charge in [0, 0.05) is 19.0 Å². The second-order valence-corrected chi connectivity index (χ2v) is 5.90. The van der Waals surface area contributed by atoms with E-state index in [1.54, 1.807) is 12.1 Å². The first-order chi connectivity index (χ1) is 10.5. The molecule has 0 spiro atoms. The van der Waals surface area contributed by atoms with Crippen molar-refractivity contribution in [3.63, 3.8) is 0 Å². The summed E-state index contributed by atoms with van der Waals surface area (Å²) in [4.78, 5) is 25.6. The Bertz CT molecular complexity index is 534. The van der Waals surface area contributed by atoms with Crippen LogP contribution in [-0.2, 0) is 9.59 Å². The van der Waals surface area contributed by atoms with E-state index in [-0.39, 0.29) is 30.5 Å². The van der Waals surface area contributed by atoms with Gasteiger partial charge in [-0.15, -0.1) is 0 Å². The summed E-state index contributed by atoms with van der Waals surface area (Å²) in [5.74, 6) is 0.348. The molecule has 0 radical (unpaired) electrons. The van der Waals surface area contributed by atoms with Crippen LogP contribution in [0.25, 0.3) is 0 Å². The van der Waals surface area contributed by atoms with Crippen molar-refractivity contribution < 1.29 is 14.3 Å². The lowest BCUT2D eigenvalue weighted by Gasteiger charge is -2.39. The zero-order chi connectivity index (χ0) is 16.1. The maximum Gasteiger partial charge on any atom is 0.260 e. The molecule has 1 heterocycles. The van der Waals surface area contributed by atoms with Crippen LogP contribution in [0.1, 0.15) is 40.0 Å². The van der Waals surface area contributed by atoms with Gasteiger partial charge < -0.3 is 15.0 Å². The van der Waals surface area contributed by atoms with Gasteiger partial charge in [0.15, 0.2) is 6.61 Å². The highest BCUT2D eigenvalue weighted by molar-refractivity contribution is 5.90. The van der Waals surface area contributed by atoms with Crippen LogP contribution in [-0.4, -0.2) is 35.4 Å². The summed E-state index contributed by atoms with van der Waals surface area (Å²) in [5, 5.41) is 2.71. The van der Waals surface area contributed by atoms with E-state index in [0.717, 1.165) is 12.8 Å². The Morgan fingerprint density at radius 1 is 1.23 bits per heavy atom. The largest absolute Gasteiger partial charge is 0.482 e. The SMILES string of the molecule is CC(=O)Nc1ccccc1OCC(=O)N1[C@H](C)CCC[C@H]1C. The van der Waals surface area contributed by atoms with E-state index in [4.69, 9.17) is 4.74 Å². The molecule has 0 saturated carbocycles.